The van der Waals surface area contributed by atoms with Crippen LogP contribution in [0.5, 0.6) is 0 Å². The molecule has 0 unspecified atom stereocenters. The molecule has 13 heteroatoms. The van der Waals surface area contributed by atoms with Gasteiger partial charge in [-0.25, -0.2) is 0 Å². The van der Waals surface area contributed by atoms with Crippen LogP contribution in [0.1, 0.15) is 32.6 Å². The molecular formula is C14H32Fe3N4O5Si. The third kappa shape index (κ3) is 24.5. The van der Waals surface area contributed by atoms with Crippen molar-refractivity contribution in [2.24, 2.45) is 5.73 Å². The molecule has 7 N–H and O–H groups in total. The summed E-state index contributed by atoms with van der Waals surface area (Å²) in [7, 11) is -4.05. The van der Waals surface area contributed by atoms with Crippen molar-refractivity contribution in [1.82, 2.24) is 15.5 Å². The second kappa shape index (κ2) is 21.2. The minimum atomic E-state index is -4.05. The first-order valence-electron chi connectivity index (χ1n) is 8.41. The Morgan fingerprint density at radius 3 is 1.81 bits per heavy atom. The fourth-order valence-corrected chi connectivity index (χ4v) is 2.68. The average Bonchev–Trinajstić information content (AvgIpc) is 2.51. The second-order valence-corrected chi connectivity index (χ2v) is 7.76. The van der Waals surface area contributed by atoms with Gasteiger partial charge in [-0.1, -0.05) is 6.92 Å². The maximum Gasteiger partial charge on any atom is 0.492 e. The van der Waals surface area contributed by atoms with Crippen molar-refractivity contribution in [3.05, 3.63) is 0 Å². The molecule has 0 spiro atoms. The Bertz CT molecular complexity index is 355. The van der Waals surface area contributed by atoms with Crippen LogP contribution < -0.4 is 16.4 Å². The van der Waals surface area contributed by atoms with Gasteiger partial charge in [0.1, 0.15) is 0 Å². The van der Waals surface area contributed by atoms with E-state index in [-0.39, 0.29) is 75.5 Å². The molecule has 9 nitrogen and oxygen atoms in total. The van der Waals surface area contributed by atoms with Crippen molar-refractivity contribution in [2.75, 3.05) is 39.3 Å². The molecule has 0 rings (SSSR count). The zero-order valence-corrected chi connectivity index (χ0v) is 19.8. The molecule has 0 aromatic heterocycles. The van der Waals surface area contributed by atoms with Gasteiger partial charge in [-0.3, -0.25) is 9.59 Å². The van der Waals surface area contributed by atoms with Crippen molar-refractivity contribution >= 4 is 20.6 Å². The molecular weight excluding hydrogens is 500 g/mol. The van der Waals surface area contributed by atoms with Crippen LogP contribution in [-0.4, -0.2) is 79.2 Å². The van der Waals surface area contributed by atoms with Gasteiger partial charge in [-0.05, 0) is 19.4 Å². The van der Waals surface area contributed by atoms with Crippen molar-refractivity contribution in [2.45, 2.75) is 38.7 Å². The van der Waals surface area contributed by atoms with E-state index in [0.29, 0.717) is 52.1 Å². The normalized spacial score (nSPS) is 10.3. The van der Waals surface area contributed by atoms with Crippen LogP contribution in [0.4, 0.5) is 0 Å². The zero-order valence-electron chi connectivity index (χ0n) is 15.5. The number of hydrogen-bond acceptors (Lipinski definition) is 7. The summed E-state index contributed by atoms with van der Waals surface area (Å²) in [6, 6.07) is -0.0646. The standard InChI is InChI=1S/C14H32N4O5Si.3Fe/c1-2-7-16-13(19)4-10-18(9-3-12-24(21,22)23)11-5-14(20)17-8-6-15;;;/h21-23H,2-12,15H2,1H3,(H,16,19)(H,17,20);;;. The molecule has 0 bridgehead atoms. The largest absolute Gasteiger partial charge is 0.492 e. The minimum absolute atomic E-state index is 0. The summed E-state index contributed by atoms with van der Waals surface area (Å²) in [5.41, 5.74) is 5.32. The minimum Gasteiger partial charge on any atom is -0.390 e. The number of rotatable bonds is 14. The fraction of sp³-hybridized carbons (Fsp3) is 0.857. The van der Waals surface area contributed by atoms with E-state index < -0.39 is 8.80 Å². The Kier molecular flexibility index (Phi) is 27.5. The van der Waals surface area contributed by atoms with Gasteiger partial charge in [0.2, 0.25) is 11.8 Å². The van der Waals surface area contributed by atoms with Crippen LogP contribution in [0.15, 0.2) is 0 Å². The molecule has 0 fully saturated rings. The van der Waals surface area contributed by atoms with Crippen LogP contribution in [-0.2, 0) is 60.8 Å². The molecule has 0 aliphatic rings. The molecule has 0 aliphatic heterocycles. The number of carbonyl (C=O) groups excluding carboxylic acids is 2. The zero-order chi connectivity index (χ0) is 18.4. The number of nitrogens with zero attached hydrogens (tertiary/aromatic N) is 1. The summed E-state index contributed by atoms with van der Waals surface area (Å²) in [5.74, 6) is -0.166. The molecule has 0 heterocycles. The third-order valence-electron chi connectivity index (χ3n) is 3.34. The SMILES string of the molecule is CCCNC(=O)CCN(CCC[Si](O)(O)O)CCC(=O)NCCN.[Fe].[Fe].[Fe]. The maximum atomic E-state index is 11.7. The topological polar surface area (TPSA) is 148 Å². The Hall–Kier alpha value is 0.515. The molecule has 0 saturated carbocycles. The monoisotopic (exact) mass is 532 g/mol. The third-order valence-corrected chi connectivity index (χ3v) is 4.36. The number of amides is 2. The van der Waals surface area contributed by atoms with Crippen LogP contribution in [0.3, 0.4) is 0 Å². The van der Waals surface area contributed by atoms with Gasteiger partial charge in [0.25, 0.3) is 0 Å². The van der Waals surface area contributed by atoms with Gasteiger partial charge in [0.05, 0.1) is 0 Å². The van der Waals surface area contributed by atoms with Crippen molar-refractivity contribution in [3.8, 4) is 0 Å². The summed E-state index contributed by atoms with van der Waals surface area (Å²) in [6.07, 6.45) is 1.84. The van der Waals surface area contributed by atoms with Gasteiger partial charge in [0, 0.05) is 103 Å². The number of nitrogens with one attached hydrogen (secondary N) is 2. The molecule has 0 saturated heterocycles. The Morgan fingerprint density at radius 2 is 1.41 bits per heavy atom. The van der Waals surface area contributed by atoms with Crippen LogP contribution >= 0.6 is 0 Å². The Balaban J connectivity index is -0.000000882. The first-order chi connectivity index (χ1) is 11.3. The predicted octanol–water partition coefficient (Wildman–Crippen LogP) is -2.03. The Labute approximate surface area is 194 Å². The van der Waals surface area contributed by atoms with E-state index in [1.165, 1.54) is 0 Å². The van der Waals surface area contributed by atoms with E-state index >= 15 is 0 Å². The van der Waals surface area contributed by atoms with Crippen LogP contribution in [0, 0.1) is 0 Å². The van der Waals surface area contributed by atoms with E-state index in [1.54, 1.807) is 0 Å². The number of nitrogens with two attached hydrogens (primary N) is 1. The van der Waals surface area contributed by atoms with Crippen molar-refractivity contribution in [1.29, 1.82) is 0 Å². The van der Waals surface area contributed by atoms with Gasteiger partial charge in [0.15, 0.2) is 0 Å². The van der Waals surface area contributed by atoms with E-state index in [2.05, 4.69) is 10.6 Å². The fourth-order valence-electron chi connectivity index (χ4n) is 2.05. The van der Waals surface area contributed by atoms with Crippen molar-refractivity contribution in [3.63, 3.8) is 0 Å². The summed E-state index contributed by atoms with van der Waals surface area (Å²) in [5, 5.41) is 5.47. The number of hydrogen-bond donors (Lipinski definition) is 6. The number of carbonyl (C=O) groups is 2. The first kappa shape index (κ1) is 35.0. The quantitative estimate of drug-likeness (QED) is 0.142. The van der Waals surface area contributed by atoms with E-state index in [0.717, 1.165) is 6.42 Å². The molecule has 0 radical (unpaired) electrons. The first-order valence-corrected chi connectivity index (χ1v) is 10.5. The van der Waals surface area contributed by atoms with Gasteiger partial charge in [-0.15, -0.1) is 0 Å². The molecule has 0 atom stereocenters. The summed E-state index contributed by atoms with van der Waals surface area (Å²) in [6.45, 7) is 4.80. The maximum absolute atomic E-state index is 11.7. The predicted molar refractivity (Wildman–Crippen MR) is 92.9 cm³/mol. The summed E-state index contributed by atoms with van der Waals surface area (Å²) in [4.78, 5) is 52.4. The second-order valence-electron chi connectivity index (χ2n) is 5.71. The van der Waals surface area contributed by atoms with E-state index in [4.69, 9.17) is 20.1 Å². The van der Waals surface area contributed by atoms with Gasteiger partial charge in [-0.2, -0.15) is 0 Å². The van der Waals surface area contributed by atoms with E-state index in [9.17, 15) is 9.59 Å². The molecule has 0 aromatic carbocycles. The van der Waals surface area contributed by atoms with Crippen LogP contribution in [0.2, 0.25) is 6.04 Å². The summed E-state index contributed by atoms with van der Waals surface area (Å²) >= 11 is 0. The van der Waals surface area contributed by atoms with Crippen LogP contribution in [0.25, 0.3) is 0 Å². The molecule has 27 heavy (non-hydrogen) atoms. The smallest absolute Gasteiger partial charge is 0.390 e. The average molecular weight is 532 g/mol. The van der Waals surface area contributed by atoms with Crippen molar-refractivity contribution < 1.29 is 75.2 Å². The Morgan fingerprint density at radius 1 is 0.926 bits per heavy atom. The molecule has 0 aromatic rings. The van der Waals surface area contributed by atoms with E-state index in [1.807, 2.05) is 11.8 Å². The van der Waals surface area contributed by atoms with Gasteiger partial charge >= 0.3 is 8.80 Å². The molecule has 2 amide bonds. The van der Waals surface area contributed by atoms with Gasteiger partial charge < -0.3 is 35.7 Å². The summed E-state index contributed by atoms with van der Waals surface area (Å²) < 4.78 is 0. The molecule has 166 valence electrons. The molecule has 0 aliphatic carbocycles.